The molecule has 0 radical (unpaired) electrons. The highest BCUT2D eigenvalue weighted by molar-refractivity contribution is 5.92. The van der Waals surface area contributed by atoms with Gasteiger partial charge in [-0.05, 0) is 53.3 Å². The zero-order valence-electron chi connectivity index (χ0n) is 13.1. The molecular formula is C19H18N2O3. The van der Waals surface area contributed by atoms with E-state index in [1.54, 1.807) is 12.1 Å². The summed E-state index contributed by atoms with van der Waals surface area (Å²) in [5, 5.41) is 15.2. The maximum Gasteiger partial charge on any atom is 0.244 e. The molecule has 2 N–H and O–H groups in total. The molecule has 0 heterocycles. The molecule has 0 aliphatic heterocycles. The van der Waals surface area contributed by atoms with E-state index in [1.165, 1.54) is 18.2 Å². The van der Waals surface area contributed by atoms with E-state index in [-0.39, 0.29) is 23.4 Å². The number of carbonyl (C=O) groups is 1. The zero-order valence-corrected chi connectivity index (χ0v) is 13.1. The van der Waals surface area contributed by atoms with E-state index in [0.29, 0.717) is 11.5 Å². The molecule has 5 heteroatoms. The van der Waals surface area contributed by atoms with Crippen LogP contribution >= 0.6 is 0 Å². The summed E-state index contributed by atoms with van der Waals surface area (Å²) in [6, 6.07) is 14.4. The maximum atomic E-state index is 12.2. The first-order chi connectivity index (χ1) is 11.7. The van der Waals surface area contributed by atoms with Gasteiger partial charge in [0.05, 0.1) is 6.04 Å². The maximum absolute atomic E-state index is 12.2. The SMILES string of the molecule is O=Nc1cc(/C=C/C(=O)NC(c2ccccc2)C2CC2)ccc1O. The summed E-state index contributed by atoms with van der Waals surface area (Å²) in [5.41, 5.74) is 1.69. The summed E-state index contributed by atoms with van der Waals surface area (Å²) in [6.07, 6.45) is 5.27. The smallest absolute Gasteiger partial charge is 0.244 e. The summed E-state index contributed by atoms with van der Waals surface area (Å²) in [7, 11) is 0. The molecule has 5 nitrogen and oxygen atoms in total. The number of nitrogens with one attached hydrogen (secondary N) is 1. The molecule has 0 aromatic heterocycles. The molecule has 1 aliphatic rings. The Balaban J connectivity index is 1.69. The molecule has 1 unspecified atom stereocenters. The van der Waals surface area contributed by atoms with Crippen molar-refractivity contribution in [3.63, 3.8) is 0 Å². The molecule has 2 aromatic rings. The van der Waals surface area contributed by atoms with Crippen LogP contribution in [0.3, 0.4) is 0 Å². The minimum atomic E-state index is -0.190. The van der Waals surface area contributed by atoms with E-state index >= 15 is 0 Å². The van der Waals surface area contributed by atoms with E-state index in [9.17, 15) is 14.8 Å². The number of phenols is 1. The Kier molecular flexibility index (Phi) is 4.70. The highest BCUT2D eigenvalue weighted by Crippen LogP contribution is 2.40. The fourth-order valence-electron chi connectivity index (χ4n) is 2.65. The van der Waals surface area contributed by atoms with Gasteiger partial charge in [-0.25, -0.2) is 0 Å². The van der Waals surface area contributed by atoms with Gasteiger partial charge in [-0.1, -0.05) is 36.4 Å². The Morgan fingerprint density at radius 2 is 1.96 bits per heavy atom. The predicted molar refractivity (Wildman–Crippen MR) is 92.6 cm³/mol. The van der Waals surface area contributed by atoms with E-state index < -0.39 is 0 Å². The van der Waals surface area contributed by atoms with Crippen LogP contribution in [0.1, 0.15) is 30.0 Å². The zero-order chi connectivity index (χ0) is 16.9. The number of aromatic hydroxyl groups is 1. The number of benzene rings is 2. The lowest BCUT2D eigenvalue weighted by molar-refractivity contribution is -0.117. The van der Waals surface area contributed by atoms with Crippen LogP contribution in [0.4, 0.5) is 5.69 Å². The van der Waals surface area contributed by atoms with Crippen molar-refractivity contribution in [2.45, 2.75) is 18.9 Å². The summed E-state index contributed by atoms with van der Waals surface area (Å²) >= 11 is 0. The Bertz CT molecular complexity index is 767. The third-order valence-electron chi connectivity index (χ3n) is 4.07. The molecule has 1 atom stereocenters. The number of nitroso groups, excluding NO2 is 1. The predicted octanol–water partition coefficient (Wildman–Crippen LogP) is 4.07. The van der Waals surface area contributed by atoms with E-state index in [2.05, 4.69) is 10.5 Å². The highest BCUT2D eigenvalue weighted by Gasteiger charge is 2.32. The second-order valence-corrected chi connectivity index (χ2v) is 5.91. The van der Waals surface area contributed by atoms with Crippen LogP contribution in [0.5, 0.6) is 5.75 Å². The summed E-state index contributed by atoms with van der Waals surface area (Å²) < 4.78 is 0. The van der Waals surface area contributed by atoms with Crippen molar-refractivity contribution in [1.29, 1.82) is 0 Å². The van der Waals surface area contributed by atoms with Crippen LogP contribution in [0.25, 0.3) is 6.08 Å². The van der Waals surface area contributed by atoms with Crippen LogP contribution in [0.2, 0.25) is 0 Å². The van der Waals surface area contributed by atoms with Crippen molar-refractivity contribution < 1.29 is 9.90 Å². The molecule has 0 bridgehead atoms. The Morgan fingerprint density at radius 3 is 2.62 bits per heavy atom. The average Bonchev–Trinajstić information content (AvgIpc) is 3.44. The van der Waals surface area contributed by atoms with Crippen LogP contribution in [-0.2, 0) is 4.79 Å². The van der Waals surface area contributed by atoms with Crippen molar-refractivity contribution >= 4 is 17.7 Å². The third-order valence-corrected chi connectivity index (χ3v) is 4.07. The van der Waals surface area contributed by atoms with Gasteiger partial charge < -0.3 is 10.4 Å². The molecule has 1 amide bonds. The van der Waals surface area contributed by atoms with Gasteiger partial charge in [-0.15, -0.1) is 4.91 Å². The lowest BCUT2D eigenvalue weighted by atomic mass is 10.0. The van der Waals surface area contributed by atoms with Crippen LogP contribution in [0, 0.1) is 10.8 Å². The minimum Gasteiger partial charge on any atom is -0.506 e. The monoisotopic (exact) mass is 322 g/mol. The van der Waals surface area contributed by atoms with Crippen molar-refractivity contribution in [3.8, 4) is 5.75 Å². The molecule has 0 spiro atoms. The standard InChI is InChI=1S/C19H18N2O3/c22-17-10-6-13(12-16(17)21-24)7-11-18(23)20-19(15-8-9-15)14-4-2-1-3-5-14/h1-7,10-12,15,19,22H,8-9H2,(H,20,23)/b11-7+. The van der Waals surface area contributed by atoms with Crippen molar-refractivity contribution in [3.05, 3.63) is 70.6 Å². The normalized spacial score (nSPS) is 15.2. The molecular weight excluding hydrogens is 304 g/mol. The molecule has 1 saturated carbocycles. The summed E-state index contributed by atoms with van der Waals surface area (Å²) in [6.45, 7) is 0. The number of hydrogen-bond acceptors (Lipinski definition) is 4. The third kappa shape index (κ3) is 3.87. The Labute approximate surface area is 140 Å². The van der Waals surface area contributed by atoms with E-state index in [4.69, 9.17) is 0 Å². The summed E-state index contributed by atoms with van der Waals surface area (Å²) in [5.74, 6) is 0.123. The number of phenolic OH excluding ortho intramolecular Hbond substituents is 1. The van der Waals surface area contributed by atoms with Crippen LogP contribution < -0.4 is 5.32 Å². The molecule has 0 saturated heterocycles. The molecule has 3 rings (SSSR count). The average molecular weight is 322 g/mol. The van der Waals surface area contributed by atoms with Crippen LogP contribution in [0.15, 0.2) is 59.8 Å². The van der Waals surface area contributed by atoms with Gasteiger partial charge in [0, 0.05) is 6.08 Å². The number of amides is 1. The molecule has 24 heavy (non-hydrogen) atoms. The lowest BCUT2D eigenvalue weighted by Crippen LogP contribution is -2.28. The van der Waals surface area contributed by atoms with Gasteiger partial charge in [0.1, 0.15) is 11.4 Å². The van der Waals surface area contributed by atoms with Gasteiger partial charge in [-0.3, -0.25) is 4.79 Å². The number of hydrogen-bond donors (Lipinski definition) is 2. The second kappa shape index (κ2) is 7.08. The number of rotatable bonds is 6. The molecule has 1 aliphatic carbocycles. The van der Waals surface area contributed by atoms with Gasteiger partial charge >= 0.3 is 0 Å². The summed E-state index contributed by atoms with van der Waals surface area (Å²) in [4.78, 5) is 22.8. The lowest BCUT2D eigenvalue weighted by Gasteiger charge is -2.17. The number of nitrogens with zero attached hydrogens (tertiary/aromatic N) is 1. The fourth-order valence-corrected chi connectivity index (χ4v) is 2.65. The van der Waals surface area contributed by atoms with Crippen LogP contribution in [-0.4, -0.2) is 11.0 Å². The largest absolute Gasteiger partial charge is 0.506 e. The van der Waals surface area contributed by atoms with Gasteiger partial charge in [0.15, 0.2) is 0 Å². The van der Waals surface area contributed by atoms with E-state index in [1.807, 2.05) is 30.3 Å². The van der Waals surface area contributed by atoms with Gasteiger partial charge in [0.25, 0.3) is 0 Å². The highest BCUT2D eigenvalue weighted by atomic mass is 16.3. The molecule has 2 aromatic carbocycles. The first-order valence-electron chi connectivity index (χ1n) is 7.87. The Morgan fingerprint density at radius 1 is 1.21 bits per heavy atom. The van der Waals surface area contributed by atoms with Crippen molar-refractivity contribution in [2.75, 3.05) is 0 Å². The molecule has 122 valence electrons. The van der Waals surface area contributed by atoms with Crippen molar-refractivity contribution in [2.24, 2.45) is 11.1 Å². The van der Waals surface area contributed by atoms with E-state index in [0.717, 1.165) is 18.4 Å². The minimum absolute atomic E-state index is 0.0235. The fraction of sp³-hybridized carbons (Fsp3) is 0.211. The van der Waals surface area contributed by atoms with Crippen molar-refractivity contribution in [1.82, 2.24) is 5.32 Å². The second-order valence-electron chi connectivity index (χ2n) is 5.91. The number of carbonyl (C=O) groups excluding carboxylic acids is 1. The topological polar surface area (TPSA) is 78.8 Å². The first kappa shape index (κ1) is 15.9. The first-order valence-corrected chi connectivity index (χ1v) is 7.87. The quantitative estimate of drug-likeness (QED) is 0.621. The molecule has 1 fully saturated rings. The van der Waals surface area contributed by atoms with Gasteiger partial charge in [-0.2, -0.15) is 0 Å². The Hall–Kier alpha value is -2.95. The van der Waals surface area contributed by atoms with Gasteiger partial charge in [0.2, 0.25) is 5.91 Å².